The van der Waals surface area contributed by atoms with Crippen LogP contribution < -0.4 is 15.1 Å². The first-order valence-corrected chi connectivity index (χ1v) is 11.6. The first-order valence-electron chi connectivity index (χ1n) is 10.1. The van der Waals surface area contributed by atoms with Crippen LogP contribution in [0.4, 0.5) is 11.4 Å². The Morgan fingerprint density at radius 3 is 2.59 bits per heavy atom. The molecule has 0 saturated carbocycles. The highest BCUT2D eigenvalue weighted by Crippen LogP contribution is 2.29. The molecule has 10 heteroatoms. The Balaban J connectivity index is 1.89. The number of rotatable bonds is 7. The quantitative estimate of drug-likeness (QED) is 0.686. The van der Waals surface area contributed by atoms with Gasteiger partial charge >= 0.3 is 0 Å². The van der Waals surface area contributed by atoms with Gasteiger partial charge in [-0.2, -0.15) is 5.10 Å². The zero-order valence-corrected chi connectivity index (χ0v) is 19.3. The highest BCUT2D eigenvalue weighted by molar-refractivity contribution is 7.89. The molecule has 2 amide bonds. The molecular weight excluding hydrogens is 432 g/mol. The van der Waals surface area contributed by atoms with Gasteiger partial charge in [0.1, 0.15) is 16.4 Å². The Bertz CT molecular complexity index is 1170. The lowest BCUT2D eigenvalue weighted by Gasteiger charge is -2.23. The van der Waals surface area contributed by atoms with Crippen LogP contribution in [0.25, 0.3) is 0 Å². The van der Waals surface area contributed by atoms with Crippen LogP contribution in [0.1, 0.15) is 25.3 Å². The minimum atomic E-state index is -3.80. The number of hydrogen-bond donors (Lipinski definition) is 1. The van der Waals surface area contributed by atoms with Gasteiger partial charge < -0.3 is 10.1 Å². The first-order chi connectivity index (χ1) is 15.1. The predicted molar refractivity (Wildman–Crippen MR) is 122 cm³/mol. The standard InChI is InChI=1S/C22H26N4O5S/c1-5-31-19-11-9-16(14-20(19)32(29,30)25(3)4)23-22(28)18-10-12-21(27)26(24-18)17-8-6-7-15(2)13-17/h6-9,11,13-14H,5,10,12H2,1-4H3,(H,23,28). The third-order valence-corrected chi connectivity index (χ3v) is 6.64. The van der Waals surface area contributed by atoms with E-state index in [1.165, 1.54) is 31.2 Å². The summed E-state index contributed by atoms with van der Waals surface area (Å²) >= 11 is 0. The molecule has 0 aromatic heterocycles. The van der Waals surface area contributed by atoms with Gasteiger partial charge in [0.05, 0.1) is 12.3 Å². The number of sulfonamides is 1. The number of nitrogens with zero attached hydrogens (tertiary/aromatic N) is 3. The lowest BCUT2D eigenvalue weighted by molar-refractivity contribution is -0.118. The minimum Gasteiger partial charge on any atom is -0.492 e. The van der Waals surface area contributed by atoms with E-state index in [4.69, 9.17) is 4.74 Å². The van der Waals surface area contributed by atoms with Gasteiger partial charge in [0.15, 0.2) is 0 Å². The third-order valence-electron chi connectivity index (χ3n) is 4.80. The molecule has 0 spiro atoms. The van der Waals surface area contributed by atoms with Crippen molar-refractivity contribution in [3.05, 3.63) is 48.0 Å². The van der Waals surface area contributed by atoms with Gasteiger partial charge in [0.2, 0.25) is 15.9 Å². The zero-order valence-electron chi connectivity index (χ0n) is 18.5. The van der Waals surface area contributed by atoms with Crippen molar-refractivity contribution in [3.8, 4) is 5.75 Å². The van der Waals surface area contributed by atoms with E-state index >= 15 is 0 Å². The summed E-state index contributed by atoms with van der Waals surface area (Å²) in [5.41, 5.74) is 2.00. The maximum Gasteiger partial charge on any atom is 0.271 e. The molecule has 0 bridgehead atoms. The van der Waals surface area contributed by atoms with Gasteiger partial charge in [-0.3, -0.25) is 9.59 Å². The van der Waals surface area contributed by atoms with Gasteiger partial charge in [-0.25, -0.2) is 17.7 Å². The molecule has 0 unspecified atom stereocenters. The van der Waals surface area contributed by atoms with Gasteiger partial charge in [-0.1, -0.05) is 12.1 Å². The Morgan fingerprint density at radius 2 is 1.94 bits per heavy atom. The Morgan fingerprint density at radius 1 is 1.19 bits per heavy atom. The van der Waals surface area contributed by atoms with Crippen molar-refractivity contribution in [2.24, 2.45) is 5.10 Å². The van der Waals surface area contributed by atoms with Crippen LogP contribution in [0.2, 0.25) is 0 Å². The summed E-state index contributed by atoms with van der Waals surface area (Å²) < 4.78 is 31.9. The maximum absolute atomic E-state index is 12.9. The molecule has 32 heavy (non-hydrogen) atoms. The molecule has 0 aliphatic carbocycles. The van der Waals surface area contributed by atoms with E-state index in [9.17, 15) is 18.0 Å². The van der Waals surface area contributed by atoms with Crippen LogP contribution in [0.5, 0.6) is 5.75 Å². The number of hydrazone groups is 1. The van der Waals surface area contributed by atoms with Crippen molar-refractivity contribution in [3.63, 3.8) is 0 Å². The molecule has 1 heterocycles. The van der Waals surface area contributed by atoms with E-state index in [2.05, 4.69) is 10.4 Å². The maximum atomic E-state index is 12.9. The molecule has 1 N–H and O–H groups in total. The van der Waals surface area contributed by atoms with Crippen molar-refractivity contribution in [1.29, 1.82) is 0 Å². The normalized spacial score (nSPS) is 14.3. The molecule has 170 valence electrons. The average Bonchev–Trinajstić information content (AvgIpc) is 2.75. The van der Waals surface area contributed by atoms with E-state index in [0.717, 1.165) is 9.87 Å². The van der Waals surface area contributed by atoms with E-state index in [1.54, 1.807) is 19.1 Å². The average molecular weight is 459 g/mol. The van der Waals surface area contributed by atoms with Gasteiger partial charge in [0, 0.05) is 32.6 Å². The second-order valence-electron chi connectivity index (χ2n) is 7.43. The summed E-state index contributed by atoms with van der Waals surface area (Å²) in [5.74, 6) is -0.509. The molecule has 0 atom stereocenters. The summed E-state index contributed by atoms with van der Waals surface area (Å²) in [6.45, 7) is 3.95. The number of anilines is 2. The molecular formula is C22H26N4O5S. The first kappa shape index (κ1) is 23.4. The largest absolute Gasteiger partial charge is 0.492 e. The Hall–Kier alpha value is -3.24. The highest BCUT2D eigenvalue weighted by atomic mass is 32.2. The van der Waals surface area contributed by atoms with Crippen LogP contribution in [-0.2, 0) is 19.6 Å². The summed E-state index contributed by atoms with van der Waals surface area (Å²) in [5, 5.41) is 8.17. The number of carbonyl (C=O) groups excluding carboxylic acids is 2. The van der Waals surface area contributed by atoms with Crippen molar-refractivity contribution in [1.82, 2.24) is 4.31 Å². The number of aryl methyl sites for hydroxylation is 1. The number of ether oxygens (including phenoxy) is 1. The number of nitrogens with one attached hydrogen (secondary N) is 1. The van der Waals surface area contributed by atoms with E-state index in [1.807, 2.05) is 25.1 Å². The molecule has 2 aromatic carbocycles. The fourth-order valence-corrected chi connectivity index (χ4v) is 4.19. The Kier molecular flexibility index (Phi) is 6.95. The van der Waals surface area contributed by atoms with Crippen LogP contribution in [-0.4, -0.2) is 51.0 Å². The summed E-state index contributed by atoms with van der Waals surface area (Å²) in [4.78, 5) is 25.2. The molecule has 0 saturated heterocycles. The second-order valence-corrected chi connectivity index (χ2v) is 9.55. The molecule has 1 aliphatic heterocycles. The van der Waals surface area contributed by atoms with Gasteiger partial charge in [-0.05, 0) is 49.7 Å². The molecule has 3 rings (SSSR count). The number of amides is 2. The van der Waals surface area contributed by atoms with Crippen LogP contribution >= 0.6 is 0 Å². The zero-order chi connectivity index (χ0) is 23.5. The van der Waals surface area contributed by atoms with Crippen LogP contribution in [0.15, 0.2) is 52.5 Å². The van der Waals surface area contributed by atoms with Crippen molar-refractivity contribution >= 4 is 38.9 Å². The summed E-state index contributed by atoms with van der Waals surface area (Å²) in [6, 6.07) is 11.7. The van der Waals surface area contributed by atoms with E-state index < -0.39 is 15.9 Å². The van der Waals surface area contributed by atoms with Crippen LogP contribution in [0, 0.1) is 6.92 Å². The van der Waals surface area contributed by atoms with Crippen molar-refractivity contribution in [2.75, 3.05) is 31.0 Å². The predicted octanol–water partition coefficient (Wildman–Crippen LogP) is 2.77. The smallest absolute Gasteiger partial charge is 0.271 e. The van der Waals surface area contributed by atoms with Crippen LogP contribution in [0.3, 0.4) is 0 Å². The lowest BCUT2D eigenvalue weighted by atomic mass is 10.1. The summed E-state index contributed by atoms with van der Waals surface area (Å²) in [7, 11) is -0.954. The van der Waals surface area contributed by atoms with Crippen molar-refractivity contribution in [2.45, 2.75) is 31.6 Å². The van der Waals surface area contributed by atoms with Crippen molar-refractivity contribution < 1.29 is 22.7 Å². The topological polar surface area (TPSA) is 108 Å². The van der Waals surface area contributed by atoms with E-state index in [0.29, 0.717) is 12.3 Å². The number of carbonyl (C=O) groups is 2. The van der Waals surface area contributed by atoms with E-state index in [-0.39, 0.29) is 40.8 Å². The highest BCUT2D eigenvalue weighted by Gasteiger charge is 2.27. The number of hydrogen-bond acceptors (Lipinski definition) is 6. The molecule has 0 fully saturated rings. The van der Waals surface area contributed by atoms with Gasteiger partial charge in [0.25, 0.3) is 5.91 Å². The third kappa shape index (κ3) is 4.97. The second kappa shape index (κ2) is 9.49. The SMILES string of the molecule is CCOc1ccc(NC(=O)C2=NN(c3cccc(C)c3)C(=O)CC2)cc1S(=O)(=O)N(C)C. The molecule has 2 aromatic rings. The fourth-order valence-electron chi connectivity index (χ4n) is 3.14. The molecule has 0 radical (unpaired) electrons. The minimum absolute atomic E-state index is 0.0516. The lowest BCUT2D eigenvalue weighted by Crippen LogP contribution is -2.36. The Labute approximate surface area is 187 Å². The molecule has 1 aliphatic rings. The fraction of sp³-hybridized carbons (Fsp3) is 0.318. The molecule has 9 nitrogen and oxygen atoms in total. The monoisotopic (exact) mass is 458 g/mol. The number of benzene rings is 2. The summed E-state index contributed by atoms with van der Waals surface area (Å²) in [6.07, 6.45) is 0.330. The van der Waals surface area contributed by atoms with Gasteiger partial charge in [-0.15, -0.1) is 0 Å².